The number of hydrogen-bond donors (Lipinski definition) is 0. The summed E-state index contributed by atoms with van der Waals surface area (Å²) in [6.07, 6.45) is 1.58. The van der Waals surface area contributed by atoms with Crippen molar-refractivity contribution in [2.24, 2.45) is 0 Å². The fraction of sp³-hybridized carbons (Fsp3) is 0.333. The molecule has 1 fully saturated rings. The molecule has 1 aliphatic rings. The van der Waals surface area contributed by atoms with Crippen LogP contribution in [0, 0.1) is 0 Å². The Morgan fingerprint density at radius 1 is 1.33 bits per heavy atom. The summed E-state index contributed by atoms with van der Waals surface area (Å²) >= 11 is 7.42. The first kappa shape index (κ1) is 17.0. The largest absolute Gasteiger partial charge is 0.340 e. The van der Waals surface area contributed by atoms with Gasteiger partial charge >= 0.3 is 0 Å². The Labute approximate surface area is 150 Å². The van der Waals surface area contributed by atoms with Gasteiger partial charge in [-0.1, -0.05) is 29.8 Å². The second kappa shape index (κ2) is 7.36. The molecule has 2 amide bonds. The summed E-state index contributed by atoms with van der Waals surface area (Å²) in [6.45, 7) is 1.12. The predicted molar refractivity (Wildman–Crippen MR) is 96.3 cm³/mol. The Bertz CT molecular complexity index is 732. The number of carbonyl (C=O) groups is 2. The van der Waals surface area contributed by atoms with E-state index in [4.69, 9.17) is 11.6 Å². The minimum atomic E-state index is -0.371. The highest BCUT2D eigenvalue weighted by atomic mass is 35.5. The van der Waals surface area contributed by atoms with Gasteiger partial charge in [0.15, 0.2) is 0 Å². The average molecular weight is 363 g/mol. The fourth-order valence-corrected chi connectivity index (χ4v) is 3.94. The zero-order valence-electron chi connectivity index (χ0n) is 13.4. The van der Waals surface area contributed by atoms with E-state index < -0.39 is 0 Å². The number of thiophene rings is 1. The van der Waals surface area contributed by atoms with Gasteiger partial charge in [0.05, 0.1) is 4.88 Å². The van der Waals surface area contributed by atoms with Crippen molar-refractivity contribution in [3.63, 3.8) is 0 Å². The monoisotopic (exact) mass is 362 g/mol. The van der Waals surface area contributed by atoms with Crippen molar-refractivity contribution in [2.45, 2.75) is 25.4 Å². The molecule has 1 aliphatic heterocycles. The maximum absolute atomic E-state index is 12.8. The summed E-state index contributed by atoms with van der Waals surface area (Å²) in [5.41, 5.74) is 0.979. The van der Waals surface area contributed by atoms with Gasteiger partial charge in [0.25, 0.3) is 5.91 Å². The van der Waals surface area contributed by atoms with Crippen molar-refractivity contribution in [1.29, 1.82) is 0 Å². The van der Waals surface area contributed by atoms with Crippen LogP contribution in [0.15, 0.2) is 41.8 Å². The SMILES string of the molecule is CN(Cc1cccc(Cl)c1)C(=O)[C@@H]1CCCN1C(=O)c1cccs1. The zero-order chi connectivity index (χ0) is 17.1. The number of likely N-dealkylation sites (tertiary alicyclic amines) is 1. The Morgan fingerprint density at radius 2 is 2.17 bits per heavy atom. The predicted octanol–water partition coefficient (Wildman–Crippen LogP) is 3.66. The van der Waals surface area contributed by atoms with Gasteiger partial charge in [-0.3, -0.25) is 9.59 Å². The van der Waals surface area contributed by atoms with Crippen LogP contribution in [0.2, 0.25) is 5.02 Å². The molecule has 1 saturated heterocycles. The molecular weight excluding hydrogens is 344 g/mol. The molecule has 0 spiro atoms. The standard InChI is InChI=1S/C18H19ClN2O2S/c1-20(12-13-5-2-6-14(19)11-13)17(22)15-7-3-9-21(15)18(23)16-8-4-10-24-16/h2,4-6,8,10-11,15H,3,7,9,12H2,1H3/t15-/m0/s1. The first-order chi connectivity index (χ1) is 11.6. The summed E-state index contributed by atoms with van der Waals surface area (Å²) < 4.78 is 0. The third-order valence-corrected chi connectivity index (χ3v) is 5.31. The average Bonchev–Trinajstić information content (AvgIpc) is 3.25. The minimum absolute atomic E-state index is 0.0163. The minimum Gasteiger partial charge on any atom is -0.340 e. The molecule has 1 aromatic heterocycles. The van der Waals surface area contributed by atoms with Gasteiger partial charge in [-0.2, -0.15) is 0 Å². The van der Waals surface area contributed by atoms with Crippen LogP contribution in [0.1, 0.15) is 28.1 Å². The Kier molecular flexibility index (Phi) is 5.21. The van der Waals surface area contributed by atoms with E-state index in [1.807, 2.05) is 41.8 Å². The van der Waals surface area contributed by atoms with Crippen molar-refractivity contribution < 1.29 is 9.59 Å². The molecule has 2 aromatic rings. The maximum atomic E-state index is 12.8. The number of amides is 2. The highest BCUT2D eigenvalue weighted by Gasteiger charge is 2.36. The topological polar surface area (TPSA) is 40.6 Å². The summed E-state index contributed by atoms with van der Waals surface area (Å²) in [4.78, 5) is 29.5. The van der Waals surface area contributed by atoms with E-state index in [9.17, 15) is 9.59 Å². The van der Waals surface area contributed by atoms with Crippen LogP contribution in [0.4, 0.5) is 0 Å². The highest BCUT2D eigenvalue weighted by Crippen LogP contribution is 2.24. The summed E-state index contributed by atoms with van der Waals surface area (Å²) in [5, 5.41) is 2.54. The molecule has 126 valence electrons. The lowest BCUT2D eigenvalue weighted by Gasteiger charge is -2.28. The number of halogens is 1. The summed E-state index contributed by atoms with van der Waals surface area (Å²) in [7, 11) is 1.77. The molecule has 6 heteroatoms. The molecule has 2 heterocycles. The molecule has 24 heavy (non-hydrogen) atoms. The van der Waals surface area contributed by atoms with E-state index in [1.54, 1.807) is 16.8 Å². The number of hydrogen-bond acceptors (Lipinski definition) is 3. The molecule has 4 nitrogen and oxygen atoms in total. The second-order valence-electron chi connectivity index (χ2n) is 5.96. The molecule has 0 radical (unpaired) electrons. The van der Waals surface area contributed by atoms with E-state index >= 15 is 0 Å². The van der Waals surface area contributed by atoms with Crippen LogP contribution in [0.5, 0.6) is 0 Å². The van der Waals surface area contributed by atoms with Crippen LogP contribution < -0.4 is 0 Å². The van der Waals surface area contributed by atoms with Gasteiger partial charge in [-0.25, -0.2) is 0 Å². The molecule has 1 atom stereocenters. The summed E-state index contributed by atoms with van der Waals surface area (Å²) in [6, 6.07) is 10.8. The zero-order valence-corrected chi connectivity index (χ0v) is 15.0. The van der Waals surface area contributed by atoms with Crippen molar-refractivity contribution in [3.05, 3.63) is 57.2 Å². The lowest BCUT2D eigenvalue weighted by atomic mass is 10.1. The van der Waals surface area contributed by atoms with Crippen molar-refractivity contribution in [3.8, 4) is 0 Å². The van der Waals surface area contributed by atoms with E-state index in [0.29, 0.717) is 23.0 Å². The highest BCUT2D eigenvalue weighted by molar-refractivity contribution is 7.12. The fourth-order valence-electron chi connectivity index (χ4n) is 3.05. The molecule has 0 unspecified atom stereocenters. The van der Waals surface area contributed by atoms with Crippen molar-refractivity contribution >= 4 is 34.8 Å². The van der Waals surface area contributed by atoms with E-state index in [0.717, 1.165) is 18.4 Å². The first-order valence-electron chi connectivity index (χ1n) is 7.90. The van der Waals surface area contributed by atoms with E-state index in [2.05, 4.69) is 0 Å². The van der Waals surface area contributed by atoms with Crippen LogP contribution in [0.25, 0.3) is 0 Å². The molecule has 1 aromatic carbocycles. The van der Waals surface area contributed by atoms with Gasteiger partial charge in [-0.05, 0) is 42.0 Å². The third kappa shape index (κ3) is 3.62. The molecule has 3 rings (SSSR count). The van der Waals surface area contributed by atoms with Gasteiger partial charge in [0, 0.05) is 25.2 Å². The Balaban J connectivity index is 1.70. The molecule has 0 bridgehead atoms. The van der Waals surface area contributed by atoms with Crippen LogP contribution in [-0.2, 0) is 11.3 Å². The number of likely N-dealkylation sites (N-methyl/N-ethyl adjacent to an activating group) is 1. The van der Waals surface area contributed by atoms with E-state index in [-0.39, 0.29) is 17.9 Å². The summed E-state index contributed by atoms with van der Waals surface area (Å²) in [5.74, 6) is -0.0608. The normalized spacial score (nSPS) is 17.1. The quantitative estimate of drug-likeness (QED) is 0.832. The number of carbonyl (C=O) groups excluding carboxylic acids is 2. The maximum Gasteiger partial charge on any atom is 0.264 e. The number of nitrogens with zero attached hydrogens (tertiary/aromatic N) is 2. The molecular formula is C18H19ClN2O2S. The van der Waals surface area contributed by atoms with Gasteiger partial charge in [0.1, 0.15) is 6.04 Å². The molecule has 0 aliphatic carbocycles. The first-order valence-corrected chi connectivity index (χ1v) is 9.16. The third-order valence-electron chi connectivity index (χ3n) is 4.22. The Hall–Kier alpha value is -1.85. The van der Waals surface area contributed by atoms with Crippen LogP contribution in [-0.4, -0.2) is 41.2 Å². The molecule has 0 N–H and O–H groups in total. The van der Waals surface area contributed by atoms with Crippen molar-refractivity contribution in [2.75, 3.05) is 13.6 Å². The van der Waals surface area contributed by atoms with Gasteiger partial charge in [-0.15, -0.1) is 11.3 Å². The van der Waals surface area contributed by atoms with Crippen LogP contribution >= 0.6 is 22.9 Å². The smallest absolute Gasteiger partial charge is 0.264 e. The second-order valence-corrected chi connectivity index (χ2v) is 7.34. The van der Waals surface area contributed by atoms with Crippen molar-refractivity contribution in [1.82, 2.24) is 9.80 Å². The lowest BCUT2D eigenvalue weighted by molar-refractivity contribution is -0.134. The van der Waals surface area contributed by atoms with E-state index in [1.165, 1.54) is 11.3 Å². The lowest BCUT2D eigenvalue weighted by Crippen LogP contribution is -2.46. The van der Waals surface area contributed by atoms with Gasteiger partial charge < -0.3 is 9.80 Å². The Morgan fingerprint density at radius 3 is 2.88 bits per heavy atom. The number of benzene rings is 1. The number of rotatable bonds is 4. The van der Waals surface area contributed by atoms with Gasteiger partial charge in [0.2, 0.25) is 5.91 Å². The molecule has 0 saturated carbocycles. The van der Waals surface area contributed by atoms with Crippen LogP contribution in [0.3, 0.4) is 0 Å².